The van der Waals surface area contributed by atoms with Crippen molar-refractivity contribution < 1.29 is 72.1 Å². The first-order chi connectivity index (χ1) is 27.4. The highest BCUT2D eigenvalue weighted by molar-refractivity contribution is 5.77. The Kier molecular flexibility index (Phi) is 12.2. The molecule has 4 aromatic heterocycles. The van der Waals surface area contributed by atoms with Gasteiger partial charge in [-0.1, -0.05) is 24.3 Å². The summed E-state index contributed by atoms with van der Waals surface area (Å²) in [6, 6.07) is 13.1. The van der Waals surface area contributed by atoms with E-state index >= 15 is 0 Å². The van der Waals surface area contributed by atoms with Gasteiger partial charge in [0.2, 0.25) is 0 Å². The first-order valence-electron chi connectivity index (χ1n) is 16.4. The first kappa shape index (κ1) is 43.7. The normalized spacial score (nSPS) is 12.8. The third-order valence-corrected chi connectivity index (χ3v) is 7.96. The first-order valence-corrected chi connectivity index (χ1v) is 16.4. The molecule has 0 saturated heterocycles. The second kappa shape index (κ2) is 16.4. The van der Waals surface area contributed by atoms with E-state index in [1.807, 2.05) is 0 Å². The molecule has 1 unspecified atom stereocenters. The van der Waals surface area contributed by atoms with Gasteiger partial charge in [-0.05, 0) is 72.1 Å². The number of rotatable bonds is 8. The number of carbonyl (C=O) groups is 1. The van der Waals surface area contributed by atoms with Crippen molar-refractivity contribution >= 4 is 17.6 Å². The fourth-order valence-corrected chi connectivity index (χ4v) is 5.34. The predicted octanol–water partition coefficient (Wildman–Crippen LogP) is 8.51. The molecule has 10 nitrogen and oxygen atoms in total. The minimum atomic E-state index is -4.99. The molecule has 1 N–H and O–H groups in total. The SMILES string of the molecule is CC(O)c1ccn2c(=O)c(-c3ccc(OCC(F)(F)F)cc3)c(C(F)(F)F)nc2c1.O=Cc1ccn2c(=O)c(-c3ccc(OCC(F)(F)F)cc3)c(C(F)(F)F)nc2c1. The van der Waals surface area contributed by atoms with Gasteiger partial charge < -0.3 is 14.6 Å². The smallest absolute Gasteiger partial charge is 0.434 e. The van der Waals surface area contributed by atoms with Crippen LogP contribution < -0.4 is 20.6 Å². The molecule has 0 bridgehead atoms. The second-order valence-corrected chi connectivity index (χ2v) is 12.3. The van der Waals surface area contributed by atoms with Crippen LogP contribution in [0.3, 0.4) is 0 Å². The van der Waals surface area contributed by atoms with Crippen molar-refractivity contribution in [2.45, 2.75) is 37.7 Å². The van der Waals surface area contributed by atoms with Crippen LogP contribution in [0.25, 0.3) is 33.5 Å². The number of halogens is 12. The monoisotopic (exact) mass is 848 g/mol. The van der Waals surface area contributed by atoms with Crippen LogP contribution in [0.2, 0.25) is 0 Å². The van der Waals surface area contributed by atoms with E-state index in [0.717, 1.165) is 69.6 Å². The molecule has 312 valence electrons. The van der Waals surface area contributed by atoms with Crippen LogP contribution in [-0.4, -0.2) is 55.7 Å². The molecular weight excluding hydrogens is 824 g/mol. The van der Waals surface area contributed by atoms with Crippen LogP contribution in [0.5, 0.6) is 11.5 Å². The molecule has 0 saturated carbocycles. The Morgan fingerprint density at radius 1 is 0.627 bits per heavy atom. The maximum Gasteiger partial charge on any atom is 0.434 e. The zero-order chi connectivity index (χ0) is 43.7. The highest BCUT2D eigenvalue weighted by atomic mass is 19.4. The average Bonchev–Trinajstić information content (AvgIpc) is 3.15. The maximum atomic E-state index is 13.6. The molecule has 0 amide bonds. The quantitative estimate of drug-likeness (QED) is 0.120. The molecule has 0 spiro atoms. The lowest BCUT2D eigenvalue weighted by Gasteiger charge is -2.15. The third kappa shape index (κ3) is 10.5. The molecule has 6 rings (SSSR count). The van der Waals surface area contributed by atoms with E-state index in [1.165, 1.54) is 31.3 Å². The Balaban J connectivity index is 0.000000224. The molecule has 0 aliphatic heterocycles. The number of aldehydes is 1. The number of aromatic nitrogens is 4. The van der Waals surface area contributed by atoms with Crippen molar-refractivity contribution in [1.29, 1.82) is 0 Å². The summed E-state index contributed by atoms with van der Waals surface area (Å²) in [7, 11) is 0. The van der Waals surface area contributed by atoms with Gasteiger partial charge >= 0.3 is 24.7 Å². The molecule has 4 heterocycles. The van der Waals surface area contributed by atoms with Crippen LogP contribution in [-0.2, 0) is 12.4 Å². The Hall–Kier alpha value is -6.45. The van der Waals surface area contributed by atoms with Crippen molar-refractivity contribution in [2.75, 3.05) is 13.2 Å². The summed E-state index contributed by atoms with van der Waals surface area (Å²) >= 11 is 0. The van der Waals surface area contributed by atoms with Crippen molar-refractivity contribution in [2.24, 2.45) is 0 Å². The minimum absolute atomic E-state index is 0.0314. The van der Waals surface area contributed by atoms with Crippen molar-refractivity contribution in [3.63, 3.8) is 0 Å². The van der Waals surface area contributed by atoms with Crippen molar-refractivity contribution in [3.8, 4) is 33.8 Å². The Labute approximate surface area is 321 Å². The van der Waals surface area contributed by atoms with Crippen molar-refractivity contribution in [3.05, 3.63) is 128 Å². The lowest BCUT2D eigenvalue weighted by Crippen LogP contribution is -2.24. The molecule has 0 fully saturated rings. The maximum absolute atomic E-state index is 13.6. The number of nitrogens with zero attached hydrogens (tertiary/aromatic N) is 4. The van der Waals surface area contributed by atoms with E-state index < -0.39 is 77.7 Å². The van der Waals surface area contributed by atoms with Gasteiger partial charge in [0.25, 0.3) is 11.1 Å². The average molecular weight is 849 g/mol. The van der Waals surface area contributed by atoms with E-state index in [4.69, 9.17) is 0 Å². The van der Waals surface area contributed by atoms with E-state index in [9.17, 15) is 72.2 Å². The Morgan fingerprint density at radius 3 is 1.37 bits per heavy atom. The predicted molar refractivity (Wildman–Crippen MR) is 183 cm³/mol. The standard InChI is InChI=1S/C19H14F6N2O3.C18H10F6N2O3/c1-10(28)12-6-7-27-14(8-12)26-16(19(23,24)25)15(17(27)29)11-2-4-13(5-3-11)30-9-18(20,21)22;19-17(20,21)9-29-12-3-1-11(2-4-12)14-15(18(22,23)24)25-13-7-10(8-27)5-6-26(13)16(14)28/h2-8,10,28H,9H2,1H3;1-8H,9H2. The number of ether oxygens (including phenoxy) is 2. The highest BCUT2D eigenvalue weighted by Crippen LogP contribution is 2.36. The molecule has 0 aliphatic carbocycles. The van der Waals surface area contributed by atoms with Crippen LogP contribution in [0, 0.1) is 0 Å². The van der Waals surface area contributed by atoms with Crippen LogP contribution in [0.4, 0.5) is 52.7 Å². The van der Waals surface area contributed by atoms with Gasteiger partial charge in [-0.15, -0.1) is 0 Å². The van der Waals surface area contributed by atoms with E-state index in [2.05, 4.69) is 19.4 Å². The number of fused-ring (bicyclic) bond motifs is 2. The number of aliphatic hydroxyl groups is 1. The van der Waals surface area contributed by atoms with E-state index in [-0.39, 0.29) is 45.0 Å². The van der Waals surface area contributed by atoms with Crippen molar-refractivity contribution in [1.82, 2.24) is 18.8 Å². The van der Waals surface area contributed by atoms with Gasteiger partial charge in [0.1, 0.15) is 29.1 Å². The molecule has 2 aromatic carbocycles. The van der Waals surface area contributed by atoms with Gasteiger partial charge in [-0.3, -0.25) is 23.2 Å². The number of alkyl halides is 12. The van der Waals surface area contributed by atoms with Gasteiger partial charge in [0, 0.05) is 18.0 Å². The summed E-state index contributed by atoms with van der Waals surface area (Å²) in [4.78, 5) is 43.4. The molecule has 59 heavy (non-hydrogen) atoms. The molecule has 1 atom stereocenters. The Bertz CT molecular complexity index is 2600. The van der Waals surface area contributed by atoms with Gasteiger partial charge in [-0.25, -0.2) is 9.97 Å². The molecular formula is C37H24F12N4O6. The summed E-state index contributed by atoms with van der Waals surface area (Å²) in [5.41, 5.74) is -7.30. The minimum Gasteiger partial charge on any atom is -0.484 e. The zero-order valence-electron chi connectivity index (χ0n) is 29.5. The summed E-state index contributed by atoms with van der Waals surface area (Å²) < 4.78 is 166. The summed E-state index contributed by atoms with van der Waals surface area (Å²) in [6.45, 7) is -1.73. The summed E-state index contributed by atoms with van der Waals surface area (Å²) in [5, 5.41) is 9.61. The number of carbonyl (C=O) groups excluding carboxylic acids is 1. The summed E-state index contributed by atoms with van der Waals surface area (Å²) in [5.74, 6) is -0.454. The lowest BCUT2D eigenvalue weighted by atomic mass is 10.0. The third-order valence-electron chi connectivity index (χ3n) is 7.96. The molecule has 0 aliphatic rings. The summed E-state index contributed by atoms with van der Waals surface area (Å²) in [6.07, 6.45) is -17.4. The number of hydrogen-bond donors (Lipinski definition) is 1. The largest absolute Gasteiger partial charge is 0.484 e. The molecule has 0 radical (unpaired) electrons. The Morgan fingerprint density at radius 2 is 1.02 bits per heavy atom. The van der Waals surface area contributed by atoms with E-state index in [1.54, 1.807) is 0 Å². The van der Waals surface area contributed by atoms with Gasteiger partial charge in [0.15, 0.2) is 24.6 Å². The second-order valence-electron chi connectivity index (χ2n) is 12.3. The fourth-order valence-electron chi connectivity index (χ4n) is 5.34. The van der Waals surface area contributed by atoms with Crippen LogP contribution >= 0.6 is 0 Å². The highest BCUT2D eigenvalue weighted by Gasteiger charge is 2.39. The number of aliphatic hydroxyl groups excluding tert-OH is 1. The molecule has 22 heteroatoms. The van der Waals surface area contributed by atoms with Crippen LogP contribution in [0.15, 0.2) is 94.8 Å². The van der Waals surface area contributed by atoms with E-state index in [0.29, 0.717) is 6.29 Å². The molecule has 6 aromatic rings. The fraction of sp³-hybridized carbons (Fsp3) is 0.216. The van der Waals surface area contributed by atoms with Gasteiger partial charge in [0.05, 0.1) is 17.2 Å². The lowest BCUT2D eigenvalue weighted by molar-refractivity contribution is -0.154. The number of pyridine rings is 2. The zero-order valence-corrected chi connectivity index (χ0v) is 29.5. The number of benzene rings is 2. The number of hydrogen-bond acceptors (Lipinski definition) is 8. The van der Waals surface area contributed by atoms with Gasteiger partial charge in [-0.2, -0.15) is 52.7 Å². The topological polar surface area (TPSA) is 124 Å². The van der Waals surface area contributed by atoms with Crippen LogP contribution in [0.1, 0.15) is 40.3 Å².